The van der Waals surface area contributed by atoms with Crippen LogP contribution in [0, 0.1) is 6.92 Å². The molecule has 0 N–H and O–H groups in total. The van der Waals surface area contributed by atoms with Crippen LogP contribution in [0.15, 0.2) is 31.0 Å². The van der Waals surface area contributed by atoms with Gasteiger partial charge in [-0.15, -0.1) is 6.58 Å². The second kappa shape index (κ2) is 5.52. The molecule has 0 atom stereocenters. The first-order valence-electron chi connectivity index (χ1n) is 4.85. The van der Waals surface area contributed by atoms with Crippen molar-refractivity contribution in [1.29, 1.82) is 0 Å². The Morgan fingerprint density at radius 3 is 2.85 bits per heavy atom. The van der Waals surface area contributed by atoms with Gasteiger partial charge in [0, 0.05) is 11.9 Å². The molecule has 0 radical (unpaired) electrons. The Labute approximate surface area is 80.5 Å². The Morgan fingerprint density at radius 1 is 1.38 bits per heavy atom. The molecule has 0 aliphatic heterocycles. The molecule has 1 aromatic heterocycles. The molecule has 13 heavy (non-hydrogen) atoms. The van der Waals surface area contributed by atoms with Crippen LogP contribution in [0.4, 0.5) is 0 Å². The average Bonchev–Trinajstić information content (AvgIpc) is 2.15. The molecule has 0 unspecified atom stereocenters. The lowest BCUT2D eigenvalue weighted by Gasteiger charge is -1.99. The van der Waals surface area contributed by atoms with E-state index in [1.54, 1.807) is 0 Å². The molecule has 0 amide bonds. The van der Waals surface area contributed by atoms with Crippen LogP contribution < -0.4 is 0 Å². The molecule has 1 rings (SSSR count). The van der Waals surface area contributed by atoms with E-state index in [0.717, 1.165) is 12.8 Å². The van der Waals surface area contributed by atoms with E-state index in [1.165, 1.54) is 24.1 Å². The summed E-state index contributed by atoms with van der Waals surface area (Å²) < 4.78 is 0. The molecule has 0 aromatic carbocycles. The minimum absolute atomic E-state index is 1.09. The fourth-order valence-corrected chi connectivity index (χ4v) is 1.24. The summed E-state index contributed by atoms with van der Waals surface area (Å²) in [5, 5.41) is 0. The highest BCUT2D eigenvalue weighted by Gasteiger charge is 1.93. The zero-order valence-corrected chi connectivity index (χ0v) is 8.29. The molecule has 0 aliphatic rings. The summed E-state index contributed by atoms with van der Waals surface area (Å²) in [7, 11) is 0. The molecular formula is C12H17N. The van der Waals surface area contributed by atoms with Crippen LogP contribution in [-0.4, -0.2) is 4.98 Å². The molecule has 70 valence electrons. The van der Waals surface area contributed by atoms with Gasteiger partial charge in [-0.1, -0.05) is 12.1 Å². The van der Waals surface area contributed by atoms with Crippen LogP contribution in [0.25, 0.3) is 0 Å². The van der Waals surface area contributed by atoms with Crippen molar-refractivity contribution in [2.24, 2.45) is 0 Å². The third-order valence-electron chi connectivity index (χ3n) is 2.06. The standard InChI is InChI=1S/C12H17N/c1-3-4-5-6-7-12-9-8-11(2)10-13-12/h3,8-10H,1,4-7H2,2H3. The fourth-order valence-electron chi connectivity index (χ4n) is 1.24. The number of nitrogens with zero attached hydrogens (tertiary/aromatic N) is 1. The predicted octanol–water partition coefficient (Wildman–Crippen LogP) is 3.29. The van der Waals surface area contributed by atoms with E-state index < -0.39 is 0 Å². The van der Waals surface area contributed by atoms with Crippen molar-refractivity contribution < 1.29 is 0 Å². The van der Waals surface area contributed by atoms with Crippen LogP contribution in [0.5, 0.6) is 0 Å². The maximum atomic E-state index is 4.35. The SMILES string of the molecule is C=CCCCCc1ccc(C)cn1. The molecule has 0 aliphatic carbocycles. The number of pyridine rings is 1. The van der Waals surface area contributed by atoms with E-state index in [9.17, 15) is 0 Å². The summed E-state index contributed by atoms with van der Waals surface area (Å²) in [6, 6.07) is 4.24. The Bertz CT molecular complexity index is 248. The van der Waals surface area contributed by atoms with Crippen LogP contribution in [-0.2, 0) is 6.42 Å². The largest absolute Gasteiger partial charge is 0.261 e. The van der Waals surface area contributed by atoms with E-state index in [4.69, 9.17) is 0 Å². The van der Waals surface area contributed by atoms with Gasteiger partial charge in [0.15, 0.2) is 0 Å². The first-order valence-corrected chi connectivity index (χ1v) is 4.85. The fraction of sp³-hybridized carbons (Fsp3) is 0.417. The van der Waals surface area contributed by atoms with Crippen LogP contribution >= 0.6 is 0 Å². The Morgan fingerprint density at radius 2 is 2.23 bits per heavy atom. The van der Waals surface area contributed by atoms with Crippen molar-refractivity contribution in [3.05, 3.63) is 42.2 Å². The number of aryl methyl sites for hydroxylation is 2. The van der Waals surface area contributed by atoms with E-state index in [1.807, 2.05) is 12.3 Å². The summed E-state index contributed by atoms with van der Waals surface area (Å²) in [6.07, 6.45) is 8.55. The highest BCUT2D eigenvalue weighted by molar-refractivity contribution is 5.12. The van der Waals surface area contributed by atoms with Gasteiger partial charge >= 0.3 is 0 Å². The molecular weight excluding hydrogens is 158 g/mol. The van der Waals surface area contributed by atoms with Gasteiger partial charge in [-0.3, -0.25) is 4.98 Å². The number of allylic oxidation sites excluding steroid dienone is 1. The van der Waals surface area contributed by atoms with E-state index in [0.29, 0.717) is 0 Å². The molecule has 0 saturated carbocycles. The van der Waals surface area contributed by atoms with Crippen LogP contribution in [0.1, 0.15) is 30.5 Å². The average molecular weight is 175 g/mol. The van der Waals surface area contributed by atoms with Gasteiger partial charge in [-0.2, -0.15) is 0 Å². The van der Waals surface area contributed by atoms with Gasteiger partial charge in [-0.25, -0.2) is 0 Å². The second-order valence-corrected chi connectivity index (χ2v) is 3.36. The highest BCUT2D eigenvalue weighted by atomic mass is 14.7. The van der Waals surface area contributed by atoms with E-state index in [2.05, 4.69) is 30.6 Å². The number of aromatic nitrogens is 1. The molecule has 0 bridgehead atoms. The molecule has 0 spiro atoms. The highest BCUT2D eigenvalue weighted by Crippen LogP contribution is 2.05. The number of hydrogen-bond donors (Lipinski definition) is 0. The first kappa shape index (κ1) is 9.97. The summed E-state index contributed by atoms with van der Waals surface area (Å²) >= 11 is 0. The third kappa shape index (κ3) is 3.88. The van der Waals surface area contributed by atoms with Gasteiger partial charge in [0.2, 0.25) is 0 Å². The quantitative estimate of drug-likeness (QED) is 0.494. The van der Waals surface area contributed by atoms with Gasteiger partial charge in [-0.05, 0) is 44.2 Å². The number of hydrogen-bond acceptors (Lipinski definition) is 1. The maximum absolute atomic E-state index is 4.35. The van der Waals surface area contributed by atoms with Gasteiger partial charge in [0.1, 0.15) is 0 Å². The first-order chi connectivity index (χ1) is 6.33. The molecule has 0 fully saturated rings. The lowest BCUT2D eigenvalue weighted by Crippen LogP contribution is -1.89. The Balaban J connectivity index is 2.28. The van der Waals surface area contributed by atoms with Crippen molar-refractivity contribution in [2.45, 2.75) is 32.6 Å². The third-order valence-corrected chi connectivity index (χ3v) is 2.06. The molecule has 1 nitrogen and oxygen atoms in total. The summed E-state index contributed by atoms with van der Waals surface area (Å²) in [5.74, 6) is 0. The zero-order chi connectivity index (χ0) is 9.52. The molecule has 1 heteroatoms. The Hall–Kier alpha value is -1.11. The smallest absolute Gasteiger partial charge is 0.0403 e. The topological polar surface area (TPSA) is 12.9 Å². The van der Waals surface area contributed by atoms with Gasteiger partial charge in [0.25, 0.3) is 0 Å². The van der Waals surface area contributed by atoms with Crippen LogP contribution in [0.3, 0.4) is 0 Å². The van der Waals surface area contributed by atoms with Crippen molar-refractivity contribution in [3.8, 4) is 0 Å². The number of rotatable bonds is 5. The van der Waals surface area contributed by atoms with Crippen LogP contribution in [0.2, 0.25) is 0 Å². The second-order valence-electron chi connectivity index (χ2n) is 3.36. The van der Waals surface area contributed by atoms with E-state index >= 15 is 0 Å². The Kier molecular flexibility index (Phi) is 4.24. The number of unbranched alkanes of at least 4 members (excludes halogenated alkanes) is 2. The summed E-state index contributed by atoms with van der Waals surface area (Å²) in [4.78, 5) is 4.35. The van der Waals surface area contributed by atoms with Crippen molar-refractivity contribution in [3.63, 3.8) is 0 Å². The molecule has 0 saturated heterocycles. The summed E-state index contributed by atoms with van der Waals surface area (Å²) in [5.41, 5.74) is 2.43. The van der Waals surface area contributed by atoms with Gasteiger partial charge in [0.05, 0.1) is 0 Å². The lowest BCUT2D eigenvalue weighted by atomic mass is 10.1. The minimum Gasteiger partial charge on any atom is -0.261 e. The summed E-state index contributed by atoms with van der Waals surface area (Å²) in [6.45, 7) is 5.77. The van der Waals surface area contributed by atoms with Crippen molar-refractivity contribution in [2.75, 3.05) is 0 Å². The monoisotopic (exact) mass is 175 g/mol. The predicted molar refractivity (Wildman–Crippen MR) is 56.7 cm³/mol. The molecule has 1 heterocycles. The molecule has 1 aromatic rings. The maximum Gasteiger partial charge on any atom is 0.0403 e. The van der Waals surface area contributed by atoms with E-state index in [-0.39, 0.29) is 0 Å². The minimum atomic E-state index is 1.09. The van der Waals surface area contributed by atoms with Crippen molar-refractivity contribution >= 4 is 0 Å². The zero-order valence-electron chi connectivity index (χ0n) is 8.29. The normalized spacial score (nSPS) is 9.92. The lowest BCUT2D eigenvalue weighted by molar-refractivity contribution is 0.735. The van der Waals surface area contributed by atoms with Crippen molar-refractivity contribution in [1.82, 2.24) is 4.98 Å². The van der Waals surface area contributed by atoms with Gasteiger partial charge < -0.3 is 0 Å².